The van der Waals surface area contributed by atoms with E-state index in [0.717, 1.165) is 54.1 Å². The van der Waals surface area contributed by atoms with Gasteiger partial charge in [0.25, 0.3) is 22.5 Å². The summed E-state index contributed by atoms with van der Waals surface area (Å²) in [4.78, 5) is 73.1. The van der Waals surface area contributed by atoms with Crippen molar-refractivity contribution in [3.05, 3.63) is 78.7 Å². The van der Waals surface area contributed by atoms with Crippen molar-refractivity contribution in [2.45, 2.75) is 19.3 Å². The lowest BCUT2D eigenvalue weighted by Gasteiger charge is -2.27. The maximum atomic E-state index is 12.7. The zero-order chi connectivity index (χ0) is 27.4. The number of rotatable bonds is 7. The highest BCUT2D eigenvalue weighted by molar-refractivity contribution is 8.18. The zero-order valence-electron chi connectivity index (χ0n) is 19.7. The van der Waals surface area contributed by atoms with E-state index in [0.29, 0.717) is 18.7 Å². The molecule has 196 valence electrons. The van der Waals surface area contributed by atoms with Crippen LogP contribution in [-0.2, 0) is 9.59 Å². The van der Waals surface area contributed by atoms with E-state index < -0.39 is 38.3 Å². The molecule has 38 heavy (non-hydrogen) atoms. The van der Waals surface area contributed by atoms with E-state index in [-0.39, 0.29) is 28.7 Å². The van der Waals surface area contributed by atoms with E-state index in [9.17, 15) is 39.4 Å². The summed E-state index contributed by atoms with van der Waals surface area (Å²) in [6.45, 7) is 0.909. The van der Waals surface area contributed by atoms with Crippen molar-refractivity contribution in [3.63, 3.8) is 0 Å². The summed E-state index contributed by atoms with van der Waals surface area (Å²) in [5.74, 6) is -1.84. The minimum absolute atomic E-state index is 0.0431. The van der Waals surface area contributed by atoms with Crippen LogP contribution in [0.5, 0.6) is 5.75 Å². The molecule has 0 bridgehead atoms. The summed E-state index contributed by atoms with van der Waals surface area (Å²) in [6, 6.07) is 8.26. The van der Waals surface area contributed by atoms with Crippen LogP contribution in [0.15, 0.2) is 47.4 Å². The molecule has 0 atom stereocenters. The Hall–Kier alpha value is -4.59. The number of nitrogens with zero attached hydrogens (tertiary/aromatic N) is 4. The van der Waals surface area contributed by atoms with Gasteiger partial charge in [0.1, 0.15) is 12.3 Å². The molecule has 2 fully saturated rings. The fourth-order valence-corrected chi connectivity index (χ4v) is 4.73. The minimum atomic E-state index is -1.04. The molecule has 0 aliphatic carbocycles. The van der Waals surface area contributed by atoms with Crippen molar-refractivity contribution in [1.82, 2.24) is 9.80 Å². The van der Waals surface area contributed by atoms with E-state index in [4.69, 9.17) is 4.74 Å². The summed E-state index contributed by atoms with van der Waals surface area (Å²) in [6.07, 6.45) is 4.29. The van der Waals surface area contributed by atoms with E-state index in [1.54, 1.807) is 4.90 Å². The molecule has 14 heteroatoms. The molecule has 0 unspecified atom stereocenters. The van der Waals surface area contributed by atoms with Crippen LogP contribution in [0.25, 0.3) is 6.08 Å². The van der Waals surface area contributed by atoms with E-state index in [2.05, 4.69) is 0 Å². The smallest absolute Gasteiger partial charge is 0.344 e. The lowest BCUT2D eigenvalue weighted by atomic mass is 10.1. The average molecular weight is 541 g/mol. The number of carbonyl (C=O) groups excluding carboxylic acids is 4. The van der Waals surface area contributed by atoms with Crippen LogP contribution in [-0.4, -0.2) is 62.3 Å². The zero-order valence-corrected chi connectivity index (χ0v) is 20.5. The van der Waals surface area contributed by atoms with Gasteiger partial charge in [0, 0.05) is 25.2 Å². The molecule has 13 nitrogen and oxygen atoms in total. The number of piperidine rings is 1. The number of nitro groups is 2. The van der Waals surface area contributed by atoms with Gasteiger partial charge in [-0.3, -0.25) is 39.5 Å². The highest BCUT2D eigenvalue weighted by Crippen LogP contribution is 2.32. The van der Waals surface area contributed by atoms with Gasteiger partial charge in [-0.15, -0.1) is 0 Å². The SMILES string of the molecule is O=C(Oc1ccc(/C=C2\SC(=O)N(CC(=O)N3CCCCC3)C2=O)cc1)c1cc([N+](=O)[O-])cc([N+](=O)[O-])c1. The predicted molar refractivity (Wildman–Crippen MR) is 134 cm³/mol. The van der Waals surface area contributed by atoms with Crippen LogP contribution in [0.1, 0.15) is 35.2 Å². The first-order valence-corrected chi connectivity index (χ1v) is 12.2. The Morgan fingerprint density at radius 1 is 0.947 bits per heavy atom. The summed E-state index contributed by atoms with van der Waals surface area (Å²) in [7, 11) is 0. The van der Waals surface area contributed by atoms with E-state index in [1.165, 1.54) is 30.3 Å². The number of hydrogen-bond donors (Lipinski definition) is 0. The highest BCUT2D eigenvalue weighted by Gasteiger charge is 2.37. The molecular weight excluding hydrogens is 520 g/mol. The van der Waals surface area contributed by atoms with Gasteiger partial charge >= 0.3 is 5.97 Å². The first kappa shape index (κ1) is 26.5. The van der Waals surface area contributed by atoms with E-state index >= 15 is 0 Å². The predicted octanol–water partition coefficient (Wildman–Crippen LogP) is 3.77. The van der Waals surface area contributed by atoms with Crippen LogP contribution in [0, 0.1) is 20.2 Å². The fraction of sp³-hybridized carbons (Fsp3) is 0.250. The lowest BCUT2D eigenvalue weighted by Crippen LogP contribution is -2.44. The normalized spacial score (nSPS) is 16.6. The Labute approximate surface area is 219 Å². The number of amides is 3. The Kier molecular flexibility index (Phi) is 7.81. The Morgan fingerprint density at radius 3 is 2.13 bits per heavy atom. The molecule has 2 saturated heterocycles. The van der Waals surface area contributed by atoms with Gasteiger partial charge in [0.2, 0.25) is 5.91 Å². The third-order valence-electron chi connectivity index (χ3n) is 5.82. The monoisotopic (exact) mass is 540 g/mol. The molecule has 2 heterocycles. The van der Waals surface area contributed by atoms with Crippen LogP contribution in [0.2, 0.25) is 0 Å². The van der Waals surface area contributed by atoms with Gasteiger partial charge in [0.05, 0.1) is 26.4 Å². The molecule has 0 radical (unpaired) electrons. The van der Waals surface area contributed by atoms with Crippen molar-refractivity contribution < 1.29 is 33.8 Å². The van der Waals surface area contributed by atoms with Gasteiger partial charge in [-0.1, -0.05) is 12.1 Å². The molecule has 0 N–H and O–H groups in total. The van der Waals surface area contributed by atoms with Crippen molar-refractivity contribution in [3.8, 4) is 5.75 Å². The number of thioether (sulfide) groups is 1. The molecule has 2 aliphatic rings. The van der Waals surface area contributed by atoms with Gasteiger partial charge in [-0.2, -0.15) is 0 Å². The third kappa shape index (κ3) is 6.03. The number of esters is 1. The maximum Gasteiger partial charge on any atom is 0.344 e. The van der Waals surface area contributed by atoms with Crippen molar-refractivity contribution >= 4 is 52.2 Å². The quantitative estimate of drug-likeness (QED) is 0.165. The second-order valence-electron chi connectivity index (χ2n) is 8.42. The van der Waals surface area contributed by atoms with E-state index in [1.807, 2.05) is 0 Å². The second-order valence-corrected chi connectivity index (χ2v) is 9.41. The van der Waals surface area contributed by atoms with Crippen LogP contribution < -0.4 is 4.74 Å². The molecule has 0 aromatic heterocycles. The van der Waals surface area contributed by atoms with Gasteiger partial charge in [-0.05, 0) is 54.8 Å². The highest BCUT2D eigenvalue weighted by atomic mass is 32.2. The Morgan fingerprint density at radius 2 is 1.55 bits per heavy atom. The average Bonchev–Trinajstić information content (AvgIpc) is 3.17. The summed E-state index contributed by atoms with van der Waals surface area (Å²) in [5, 5.41) is 21.5. The molecular formula is C24H20N4O9S. The lowest BCUT2D eigenvalue weighted by molar-refractivity contribution is -0.394. The van der Waals surface area contributed by atoms with Crippen molar-refractivity contribution in [2.24, 2.45) is 0 Å². The number of hydrogen-bond acceptors (Lipinski definition) is 10. The van der Waals surface area contributed by atoms with Gasteiger partial charge in [0.15, 0.2) is 0 Å². The molecule has 4 rings (SSSR count). The summed E-state index contributed by atoms with van der Waals surface area (Å²) >= 11 is 0.717. The number of benzene rings is 2. The molecule has 0 spiro atoms. The number of imide groups is 1. The second kappa shape index (κ2) is 11.2. The topological polar surface area (TPSA) is 170 Å². The fourth-order valence-electron chi connectivity index (χ4n) is 3.89. The largest absolute Gasteiger partial charge is 0.423 e. The van der Waals surface area contributed by atoms with Gasteiger partial charge in [-0.25, -0.2) is 4.79 Å². The number of non-ortho nitro benzene ring substituents is 2. The Bertz CT molecular complexity index is 1340. The Balaban J connectivity index is 1.42. The minimum Gasteiger partial charge on any atom is -0.423 e. The van der Waals surface area contributed by atoms with Gasteiger partial charge < -0.3 is 9.64 Å². The summed E-state index contributed by atoms with van der Waals surface area (Å²) in [5.41, 5.74) is -1.13. The van der Waals surface area contributed by atoms with Crippen molar-refractivity contribution in [1.29, 1.82) is 0 Å². The molecule has 3 amide bonds. The van der Waals surface area contributed by atoms with Crippen LogP contribution in [0.4, 0.5) is 16.2 Å². The number of nitro benzene ring substituents is 2. The molecule has 2 aromatic carbocycles. The number of carbonyl (C=O) groups is 4. The molecule has 2 aromatic rings. The first-order valence-electron chi connectivity index (χ1n) is 11.4. The molecule has 2 aliphatic heterocycles. The maximum absolute atomic E-state index is 12.7. The number of ether oxygens (including phenoxy) is 1. The standard InChI is InChI=1S/C24H20N4O9S/c29-21(25-8-2-1-3-9-25)14-26-22(30)20(38-24(26)32)10-15-4-6-19(7-5-15)37-23(31)16-11-17(27(33)34)13-18(12-16)28(35)36/h4-7,10-13H,1-3,8-9,14H2/b20-10-. The first-order chi connectivity index (χ1) is 18.1. The van der Waals surface area contributed by atoms with Crippen molar-refractivity contribution in [2.75, 3.05) is 19.6 Å². The molecule has 0 saturated carbocycles. The third-order valence-corrected chi connectivity index (χ3v) is 6.73. The number of likely N-dealkylation sites (tertiary alicyclic amines) is 1. The summed E-state index contributed by atoms with van der Waals surface area (Å²) < 4.78 is 5.17. The van der Waals surface area contributed by atoms with Crippen LogP contribution >= 0.6 is 11.8 Å². The van der Waals surface area contributed by atoms with Crippen LogP contribution in [0.3, 0.4) is 0 Å².